The van der Waals surface area contributed by atoms with Gasteiger partial charge in [-0.25, -0.2) is 0 Å². The van der Waals surface area contributed by atoms with E-state index < -0.39 is 0 Å². The summed E-state index contributed by atoms with van der Waals surface area (Å²) in [6.45, 7) is 12.5. The fourth-order valence-electron chi connectivity index (χ4n) is 3.53. The molecule has 0 saturated carbocycles. The standard InChI is InChI=1S/C23H41N5/c1-20(2)22-11-9-21(10-12-22)8-7-14-26-23(24-3)25-13-5-6-15-28-18-16-27(4)17-19-28/h9-12,20H,5-8,13-19H2,1-4H3,(H2,24,25,26). The second-order valence-corrected chi connectivity index (χ2v) is 8.28. The van der Waals surface area contributed by atoms with Crippen LogP contribution in [0.4, 0.5) is 0 Å². The molecule has 0 atom stereocenters. The van der Waals surface area contributed by atoms with Crippen LogP contribution >= 0.6 is 0 Å². The molecule has 158 valence electrons. The predicted molar refractivity (Wildman–Crippen MR) is 121 cm³/mol. The molecule has 1 saturated heterocycles. The van der Waals surface area contributed by atoms with E-state index in [0.717, 1.165) is 31.9 Å². The van der Waals surface area contributed by atoms with Crippen molar-refractivity contribution in [2.45, 2.75) is 45.4 Å². The van der Waals surface area contributed by atoms with Crippen molar-refractivity contribution in [2.24, 2.45) is 4.99 Å². The molecular formula is C23H41N5. The minimum absolute atomic E-state index is 0.603. The van der Waals surface area contributed by atoms with Crippen molar-refractivity contribution in [1.29, 1.82) is 0 Å². The van der Waals surface area contributed by atoms with Crippen LogP contribution in [0.3, 0.4) is 0 Å². The normalized spacial score (nSPS) is 16.5. The maximum absolute atomic E-state index is 4.34. The Morgan fingerprint density at radius 1 is 0.964 bits per heavy atom. The molecule has 5 heteroatoms. The summed E-state index contributed by atoms with van der Waals surface area (Å²) >= 11 is 0. The number of likely N-dealkylation sites (N-methyl/N-ethyl adjacent to an activating group) is 1. The fourth-order valence-corrected chi connectivity index (χ4v) is 3.53. The van der Waals surface area contributed by atoms with Crippen LogP contribution in [0.2, 0.25) is 0 Å². The summed E-state index contributed by atoms with van der Waals surface area (Å²) in [4.78, 5) is 9.33. The average molecular weight is 388 g/mol. The van der Waals surface area contributed by atoms with Gasteiger partial charge in [-0.3, -0.25) is 4.99 Å². The number of unbranched alkanes of at least 4 members (excludes halogenated alkanes) is 1. The lowest BCUT2D eigenvalue weighted by molar-refractivity contribution is 0.152. The number of aryl methyl sites for hydroxylation is 1. The first-order valence-electron chi connectivity index (χ1n) is 11.0. The first-order chi connectivity index (χ1) is 13.6. The van der Waals surface area contributed by atoms with Crippen LogP contribution in [0.25, 0.3) is 0 Å². The van der Waals surface area contributed by atoms with Crippen LogP contribution in [0.1, 0.15) is 50.2 Å². The van der Waals surface area contributed by atoms with Gasteiger partial charge in [0, 0.05) is 46.3 Å². The summed E-state index contributed by atoms with van der Waals surface area (Å²) in [7, 11) is 4.06. The summed E-state index contributed by atoms with van der Waals surface area (Å²) in [5, 5.41) is 6.88. The number of hydrogen-bond acceptors (Lipinski definition) is 3. The molecule has 2 N–H and O–H groups in total. The van der Waals surface area contributed by atoms with Crippen molar-refractivity contribution in [3.05, 3.63) is 35.4 Å². The highest BCUT2D eigenvalue weighted by Gasteiger charge is 2.12. The Morgan fingerprint density at radius 3 is 2.21 bits per heavy atom. The molecule has 0 bridgehead atoms. The molecule has 0 spiro atoms. The predicted octanol–water partition coefficient (Wildman–Crippen LogP) is 2.94. The van der Waals surface area contributed by atoms with Gasteiger partial charge in [-0.15, -0.1) is 0 Å². The van der Waals surface area contributed by atoms with E-state index in [1.54, 1.807) is 0 Å². The number of rotatable bonds is 10. The largest absolute Gasteiger partial charge is 0.356 e. The molecule has 5 nitrogen and oxygen atoms in total. The molecule has 1 aromatic carbocycles. The van der Waals surface area contributed by atoms with Crippen molar-refractivity contribution < 1.29 is 0 Å². The van der Waals surface area contributed by atoms with Crippen molar-refractivity contribution in [1.82, 2.24) is 20.4 Å². The average Bonchev–Trinajstić information content (AvgIpc) is 2.71. The number of piperazine rings is 1. The smallest absolute Gasteiger partial charge is 0.190 e. The van der Waals surface area contributed by atoms with Crippen LogP contribution < -0.4 is 10.6 Å². The minimum Gasteiger partial charge on any atom is -0.356 e. The van der Waals surface area contributed by atoms with Gasteiger partial charge in [0.2, 0.25) is 0 Å². The number of benzene rings is 1. The molecule has 28 heavy (non-hydrogen) atoms. The highest BCUT2D eigenvalue weighted by molar-refractivity contribution is 5.79. The van der Waals surface area contributed by atoms with Crippen LogP contribution in [0.5, 0.6) is 0 Å². The topological polar surface area (TPSA) is 42.9 Å². The minimum atomic E-state index is 0.603. The molecule has 0 aliphatic carbocycles. The lowest BCUT2D eigenvalue weighted by atomic mass is 10.0. The molecule has 0 aromatic heterocycles. The van der Waals surface area contributed by atoms with Gasteiger partial charge in [0.1, 0.15) is 0 Å². The second kappa shape index (κ2) is 12.8. The van der Waals surface area contributed by atoms with E-state index in [1.807, 2.05) is 7.05 Å². The first-order valence-corrected chi connectivity index (χ1v) is 11.0. The van der Waals surface area contributed by atoms with Crippen LogP contribution in [-0.2, 0) is 6.42 Å². The first kappa shape index (κ1) is 22.7. The van der Waals surface area contributed by atoms with Gasteiger partial charge in [0.05, 0.1) is 0 Å². The Bertz CT molecular complexity index is 559. The number of aliphatic imine (C=N–C) groups is 1. The lowest BCUT2D eigenvalue weighted by Gasteiger charge is -2.32. The van der Waals surface area contributed by atoms with Gasteiger partial charge in [-0.2, -0.15) is 0 Å². The maximum atomic E-state index is 4.34. The Kier molecular flexibility index (Phi) is 10.4. The van der Waals surface area contributed by atoms with E-state index in [-0.39, 0.29) is 0 Å². The lowest BCUT2D eigenvalue weighted by Crippen LogP contribution is -2.44. The third kappa shape index (κ3) is 8.61. The molecule has 0 amide bonds. The summed E-state index contributed by atoms with van der Waals surface area (Å²) < 4.78 is 0. The maximum Gasteiger partial charge on any atom is 0.190 e. The highest BCUT2D eigenvalue weighted by Crippen LogP contribution is 2.15. The Morgan fingerprint density at radius 2 is 1.61 bits per heavy atom. The second-order valence-electron chi connectivity index (χ2n) is 8.28. The van der Waals surface area contributed by atoms with Crippen LogP contribution in [0, 0.1) is 0 Å². The Balaban J connectivity index is 1.51. The highest BCUT2D eigenvalue weighted by atomic mass is 15.2. The SMILES string of the molecule is CN=C(NCCCCN1CCN(C)CC1)NCCCc1ccc(C(C)C)cc1. The summed E-state index contributed by atoms with van der Waals surface area (Å²) in [5.41, 5.74) is 2.83. The quantitative estimate of drug-likeness (QED) is 0.368. The number of hydrogen-bond donors (Lipinski definition) is 2. The van der Waals surface area contributed by atoms with E-state index in [4.69, 9.17) is 0 Å². The zero-order valence-electron chi connectivity index (χ0n) is 18.5. The summed E-state index contributed by atoms with van der Waals surface area (Å²) in [5.74, 6) is 1.53. The summed E-state index contributed by atoms with van der Waals surface area (Å²) in [6, 6.07) is 9.05. The molecule has 2 rings (SSSR count). The zero-order valence-corrected chi connectivity index (χ0v) is 18.5. The van der Waals surface area contributed by atoms with E-state index >= 15 is 0 Å². The third-order valence-corrected chi connectivity index (χ3v) is 5.59. The van der Waals surface area contributed by atoms with Gasteiger partial charge in [-0.1, -0.05) is 38.1 Å². The van der Waals surface area contributed by atoms with Gasteiger partial charge >= 0.3 is 0 Å². The van der Waals surface area contributed by atoms with Crippen LogP contribution in [0.15, 0.2) is 29.3 Å². The van der Waals surface area contributed by atoms with E-state index in [9.17, 15) is 0 Å². The van der Waals surface area contributed by atoms with Crippen molar-refractivity contribution in [3.63, 3.8) is 0 Å². The Labute approximate surface area is 172 Å². The van der Waals surface area contributed by atoms with Crippen LogP contribution in [-0.4, -0.2) is 75.7 Å². The van der Waals surface area contributed by atoms with Gasteiger partial charge in [0.15, 0.2) is 5.96 Å². The Hall–Kier alpha value is -1.59. The van der Waals surface area contributed by atoms with Gasteiger partial charge in [0.25, 0.3) is 0 Å². The van der Waals surface area contributed by atoms with Crippen molar-refractivity contribution in [3.8, 4) is 0 Å². The molecule has 0 radical (unpaired) electrons. The zero-order chi connectivity index (χ0) is 20.2. The summed E-state index contributed by atoms with van der Waals surface area (Å²) in [6.07, 6.45) is 4.66. The monoisotopic (exact) mass is 387 g/mol. The molecule has 1 aliphatic heterocycles. The third-order valence-electron chi connectivity index (χ3n) is 5.59. The molecule has 1 fully saturated rings. The number of nitrogens with zero attached hydrogens (tertiary/aromatic N) is 3. The van der Waals surface area contributed by atoms with Crippen molar-refractivity contribution >= 4 is 5.96 Å². The molecule has 1 aliphatic rings. The molecule has 1 aromatic rings. The number of guanidine groups is 1. The molecule has 1 heterocycles. The van der Waals surface area contributed by atoms with Gasteiger partial charge < -0.3 is 20.4 Å². The molecule has 0 unspecified atom stereocenters. The van der Waals surface area contributed by atoms with Gasteiger partial charge in [-0.05, 0) is 56.3 Å². The fraction of sp³-hybridized carbons (Fsp3) is 0.696. The van der Waals surface area contributed by atoms with E-state index in [1.165, 1.54) is 56.7 Å². The van der Waals surface area contributed by atoms with E-state index in [0.29, 0.717) is 5.92 Å². The number of nitrogens with one attached hydrogen (secondary N) is 2. The molecular weight excluding hydrogens is 346 g/mol. The van der Waals surface area contributed by atoms with E-state index in [2.05, 4.69) is 70.6 Å². The van der Waals surface area contributed by atoms with Crippen molar-refractivity contribution in [2.75, 3.05) is 59.9 Å².